The van der Waals surface area contributed by atoms with Gasteiger partial charge in [-0.2, -0.15) is 0 Å². The van der Waals surface area contributed by atoms with Gasteiger partial charge < -0.3 is 9.64 Å². The molecule has 2 rings (SSSR count). The Balaban J connectivity index is 1.71. The van der Waals surface area contributed by atoms with Gasteiger partial charge in [-0.15, -0.1) is 0 Å². The molecule has 1 fully saturated rings. The van der Waals surface area contributed by atoms with Gasteiger partial charge in [0.25, 0.3) is 0 Å². The maximum Gasteiger partial charge on any atom is 0.306 e. The van der Waals surface area contributed by atoms with Crippen LogP contribution in [0.25, 0.3) is 0 Å². The van der Waals surface area contributed by atoms with Crippen molar-refractivity contribution in [1.82, 2.24) is 4.90 Å². The van der Waals surface area contributed by atoms with Gasteiger partial charge in [0.2, 0.25) is 0 Å². The number of carbonyl (C=O) groups is 2. The average molecular weight is 392 g/mol. The summed E-state index contributed by atoms with van der Waals surface area (Å²) in [6, 6.07) is 0. The van der Waals surface area contributed by atoms with Crippen molar-refractivity contribution >= 4 is 11.8 Å². The lowest BCUT2D eigenvalue weighted by molar-refractivity contribution is -0.144. The number of hydrogen-bond donors (Lipinski definition) is 0. The van der Waals surface area contributed by atoms with E-state index in [9.17, 15) is 9.59 Å². The Morgan fingerprint density at radius 2 is 1.89 bits per heavy atom. The maximum atomic E-state index is 12.8. The van der Waals surface area contributed by atoms with Crippen LogP contribution in [0, 0.1) is 17.3 Å². The number of carbonyl (C=O) groups excluding carboxylic acids is 2. The van der Waals surface area contributed by atoms with Crippen molar-refractivity contribution in [3.05, 3.63) is 11.8 Å². The van der Waals surface area contributed by atoms with E-state index in [1.165, 1.54) is 38.5 Å². The fourth-order valence-corrected chi connectivity index (χ4v) is 4.50. The molecule has 1 heterocycles. The molecule has 0 amide bonds. The molecular formula is C24H41NO3. The first-order chi connectivity index (χ1) is 13.3. The molecule has 0 atom stereocenters. The Morgan fingerprint density at radius 1 is 1.18 bits per heavy atom. The van der Waals surface area contributed by atoms with Crippen LogP contribution in [0.15, 0.2) is 11.8 Å². The molecule has 160 valence electrons. The zero-order valence-electron chi connectivity index (χ0n) is 18.6. The lowest BCUT2D eigenvalue weighted by atomic mass is 9.76. The summed E-state index contributed by atoms with van der Waals surface area (Å²) in [5, 5.41) is 0. The SMILES string of the molecule is CC(C)CN1C=C(C(=O)CCC(=O)OCCCC2CCCCC2)C(C)(C)CC1. The quantitative estimate of drug-likeness (QED) is 0.364. The highest BCUT2D eigenvalue weighted by atomic mass is 16.5. The third-order valence-electron chi connectivity index (χ3n) is 6.27. The molecule has 0 bridgehead atoms. The van der Waals surface area contributed by atoms with Gasteiger partial charge in [-0.25, -0.2) is 0 Å². The zero-order chi connectivity index (χ0) is 20.6. The summed E-state index contributed by atoms with van der Waals surface area (Å²) in [5.74, 6) is 1.25. The van der Waals surface area contributed by atoms with E-state index in [1.807, 2.05) is 6.20 Å². The standard InChI is InChI=1S/C24H41NO3/c1-19(2)17-25-15-14-24(3,4)21(18-25)22(26)12-13-23(27)28-16-8-11-20-9-6-5-7-10-20/h18-20H,5-17H2,1-4H3. The van der Waals surface area contributed by atoms with Crippen LogP contribution < -0.4 is 0 Å². The molecule has 1 saturated carbocycles. The van der Waals surface area contributed by atoms with E-state index in [-0.39, 0.29) is 30.0 Å². The fraction of sp³-hybridized carbons (Fsp3) is 0.833. The van der Waals surface area contributed by atoms with Crippen molar-refractivity contribution < 1.29 is 14.3 Å². The van der Waals surface area contributed by atoms with Gasteiger partial charge in [-0.05, 0) is 36.5 Å². The number of ketones is 1. The van der Waals surface area contributed by atoms with E-state index in [0.717, 1.165) is 37.4 Å². The monoisotopic (exact) mass is 391 g/mol. The molecule has 1 aliphatic heterocycles. The van der Waals surface area contributed by atoms with Crippen LogP contribution in [0.5, 0.6) is 0 Å². The van der Waals surface area contributed by atoms with E-state index in [2.05, 4.69) is 32.6 Å². The van der Waals surface area contributed by atoms with Gasteiger partial charge in [0.05, 0.1) is 13.0 Å². The minimum Gasteiger partial charge on any atom is -0.466 e. The molecule has 0 aromatic heterocycles. The average Bonchev–Trinajstić information content (AvgIpc) is 2.65. The van der Waals surface area contributed by atoms with E-state index in [4.69, 9.17) is 4.74 Å². The lowest BCUT2D eigenvalue weighted by Crippen LogP contribution is -2.36. The topological polar surface area (TPSA) is 46.6 Å². The first-order valence-corrected chi connectivity index (χ1v) is 11.4. The number of hydrogen-bond acceptors (Lipinski definition) is 4. The molecule has 0 aromatic rings. The molecule has 0 aromatic carbocycles. The summed E-state index contributed by atoms with van der Waals surface area (Å²) in [4.78, 5) is 27.1. The molecule has 28 heavy (non-hydrogen) atoms. The maximum absolute atomic E-state index is 12.8. The Kier molecular flexibility index (Phi) is 9.04. The second kappa shape index (κ2) is 11.0. The van der Waals surface area contributed by atoms with Gasteiger partial charge in [-0.3, -0.25) is 9.59 Å². The van der Waals surface area contributed by atoms with Crippen molar-refractivity contribution in [3.8, 4) is 0 Å². The van der Waals surface area contributed by atoms with Crippen LogP contribution in [0.3, 0.4) is 0 Å². The third kappa shape index (κ3) is 7.60. The van der Waals surface area contributed by atoms with Gasteiger partial charge >= 0.3 is 5.97 Å². The Labute approximate surface area is 172 Å². The summed E-state index contributed by atoms with van der Waals surface area (Å²) in [6.07, 6.45) is 12.3. The van der Waals surface area contributed by atoms with E-state index < -0.39 is 0 Å². The highest BCUT2D eigenvalue weighted by molar-refractivity contribution is 5.98. The highest BCUT2D eigenvalue weighted by Gasteiger charge is 2.32. The van der Waals surface area contributed by atoms with E-state index >= 15 is 0 Å². The third-order valence-corrected chi connectivity index (χ3v) is 6.27. The molecule has 0 radical (unpaired) electrons. The van der Waals surface area contributed by atoms with Crippen molar-refractivity contribution in [2.45, 2.75) is 91.9 Å². The first kappa shape index (κ1) is 23.0. The molecule has 2 aliphatic rings. The van der Waals surface area contributed by atoms with E-state index in [1.54, 1.807) is 0 Å². The molecule has 0 unspecified atom stereocenters. The summed E-state index contributed by atoms with van der Waals surface area (Å²) in [5.41, 5.74) is 0.749. The van der Waals surface area contributed by atoms with Crippen LogP contribution in [-0.4, -0.2) is 36.3 Å². The van der Waals surface area contributed by atoms with Gasteiger partial charge in [0, 0.05) is 31.3 Å². The number of rotatable bonds is 10. The predicted molar refractivity (Wildman–Crippen MR) is 114 cm³/mol. The van der Waals surface area contributed by atoms with Gasteiger partial charge in [0.1, 0.15) is 0 Å². The summed E-state index contributed by atoms with van der Waals surface area (Å²) < 4.78 is 5.38. The van der Waals surface area contributed by atoms with Gasteiger partial charge in [0.15, 0.2) is 5.78 Å². The second-order valence-electron chi connectivity index (χ2n) is 9.86. The van der Waals surface area contributed by atoms with Crippen molar-refractivity contribution in [1.29, 1.82) is 0 Å². The number of nitrogens with zero attached hydrogens (tertiary/aromatic N) is 1. The largest absolute Gasteiger partial charge is 0.466 e. The predicted octanol–water partition coefficient (Wildman–Crippen LogP) is 5.51. The Morgan fingerprint density at radius 3 is 2.57 bits per heavy atom. The molecule has 0 N–H and O–H groups in total. The molecule has 0 spiro atoms. The van der Waals surface area contributed by atoms with Crippen LogP contribution in [0.1, 0.15) is 91.9 Å². The number of ether oxygens (including phenoxy) is 1. The van der Waals surface area contributed by atoms with E-state index in [0.29, 0.717) is 12.5 Å². The normalized spacial score (nSPS) is 20.2. The van der Waals surface area contributed by atoms with Crippen molar-refractivity contribution in [3.63, 3.8) is 0 Å². The smallest absolute Gasteiger partial charge is 0.306 e. The van der Waals surface area contributed by atoms with Crippen molar-refractivity contribution in [2.75, 3.05) is 19.7 Å². The molecule has 1 aliphatic carbocycles. The first-order valence-electron chi connectivity index (χ1n) is 11.4. The summed E-state index contributed by atoms with van der Waals surface area (Å²) >= 11 is 0. The van der Waals surface area contributed by atoms with Crippen LogP contribution in [0.4, 0.5) is 0 Å². The lowest BCUT2D eigenvalue weighted by Gasteiger charge is -2.37. The minimum absolute atomic E-state index is 0.0950. The number of esters is 1. The van der Waals surface area contributed by atoms with Crippen molar-refractivity contribution in [2.24, 2.45) is 17.3 Å². The Bertz CT molecular complexity index is 544. The number of Topliss-reactive ketones (excluding diaryl/α,β-unsaturated/α-hetero) is 1. The fourth-order valence-electron chi connectivity index (χ4n) is 4.50. The molecule has 4 heteroatoms. The van der Waals surface area contributed by atoms with Crippen LogP contribution >= 0.6 is 0 Å². The summed E-state index contributed by atoms with van der Waals surface area (Å²) in [7, 11) is 0. The molecule has 4 nitrogen and oxygen atoms in total. The highest BCUT2D eigenvalue weighted by Crippen LogP contribution is 2.36. The second-order valence-corrected chi connectivity index (χ2v) is 9.86. The molecule has 0 saturated heterocycles. The van der Waals surface area contributed by atoms with Crippen LogP contribution in [-0.2, 0) is 14.3 Å². The number of allylic oxidation sites excluding steroid dienone is 1. The Hall–Kier alpha value is -1.32. The molecular weight excluding hydrogens is 350 g/mol. The van der Waals surface area contributed by atoms with Gasteiger partial charge in [-0.1, -0.05) is 59.8 Å². The zero-order valence-corrected chi connectivity index (χ0v) is 18.6. The van der Waals surface area contributed by atoms with Crippen LogP contribution in [0.2, 0.25) is 0 Å². The summed E-state index contributed by atoms with van der Waals surface area (Å²) in [6.45, 7) is 11.1. The minimum atomic E-state index is -0.231.